The Labute approximate surface area is 69.9 Å². The molecule has 0 atom stereocenters. The molecule has 0 N–H and O–H groups in total. The Morgan fingerprint density at radius 2 is 2.17 bits per heavy atom. The third kappa shape index (κ3) is 1.05. The zero-order chi connectivity index (χ0) is 8.55. The maximum Gasteiger partial charge on any atom is 0.126 e. The number of hydrogen-bond acceptors (Lipinski definition) is 1. The van der Waals surface area contributed by atoms with E-state index in [0.717, 1.165) is 10.9 Å². The molecular formula is C10H8FN. The van der Waals surface area contributed by atoms with E-state index >= 15 is 0 Å². The minimum atomic E-state index is -0.171. The minimum Gasteiger partial charge on any atom is -0.256 e. The molecule has 2 aromatic rings. The van der Waals surface area contributed by atoms with E-state index in [1.807, 2.05) is 6.07 Å². The van der Waals surface area contributed by atoms with E-state index in [0.29, 0.717) is 5.56 Å². The van der Waals surface area contributed by atoms with E-state index in [9.17, 15) is 4.39 Å². The summed E-state index contributed by atoms with van der Waals surface area (Å²) in [4.78, 5) is 4.12. The van der Waals surface area contributed by atoms with Gasteiger partial charge < -0.3 is 0 Å². The molecule has 0 saturated carbocycles. The summed E-state index contributed by atoms with van der Waals surface area (Å²) in [7, 11) is 0. The molecule has 0 amide bonds. The highest BCUT2D eigenvalue weighted by Gasteiger charge is 1.99. The minimum absolute atomic E-state index is 0.171. The third-order valence-electron chi connectivity index (χ3n) is 1.88. The van der Waals surface area contributed by atoms with E-state index in [2.05, 4.69) is 4.98 Å². The van der Waals surface area contributed by atoms with Crippen LogP contribution in [0.2, 0.25) is 0 Å². The maximum atomic E-state index is 13.0. The Bertz CT molecular complexity index is 383. The van der Waals surface area contributed by atoms with Crippen LogP contribution in [-0.2, 0) is 0 Å². The van der Waals surface area contributed by atoms with E-state index in [1.165, 1.54) is 6.07 Å². The van der Waals surface area contributed by atoms with Crippen LogP contribution in [0.4, 0.5) is 4.39 Å². The van der Waals surface area contributed by atoms with Crippen LogP contribution >= 0.6 is 0 Å². The molecule has 2 rings (SSSR count). The van der Waals surface area contributed by atoms with Crippen molar-refractivity contribution in [2.75, 3.05) is 0 Å². The predicted molar refractivity (Wildman–Crippen MR) is 46.4 cm³/mol. The van der Waals surface area contributed by atoms with Gasteiger partial charge in [0.2, 0.25) is 0 Å². The van der Waals surface area contributed by atoms with Crippen LogP contribution < -0.4 is 0 Å². The van der Waals surface area contributed by atoms with Gasteiger partial charge in [0.25, 0.3) is 0 Å². The number of pyridine rings is 1. The smallest absolute Gasteiger partial charge is 0.126 e. The molecule has 0 aliphatic carbocycles. The molecule has 0 radical (unpaired) electrons. The second kappa shape index (κ2) is 2.55. The van der Waals surface area contributed by atoms with Crippen molar-refractivity contribution in [3.63, 3.8) is 0 Å². The second-order valence-electron chi connectivity index (χ2n) is 2.80. The topological polar surface area (TPSA) is 12.9 Å². The number of benzene rings is 1. The highest BCUT2D eigenvalue weighted by Crippen LogP contribution is 2.15. The number of hydrogen-bond donors (Lipinski definition) is 0. The van der Waals surface area contributed by atoms with Gasteiger partial charge >= 0.3 is 0 Å². The third-order valence-corrected chi connectivity index (χ3v) is 1.88. The highest BCUT2D eigenvalue weighted by atomic mass is 19.1. The number of aryl methyl sites for hydroxylation is 1. The van der Waals surface area contributed by atoms with Gasteiger partial charge in [0.05, 0.1) is 5.52 Å². The first-order valence-corrected chi connectivity index (χ1v) is 3.78. The molecule has 12 heavy (non-hydrogen) atoms. The highest BCUT2D eigenvalue weighted by molar-refractivity contribution is 5.78. The Hall–Kier alpha value is -1.44. The zero-order valence-electron chi connectivity index (χ0n) is 6.71. The molecule has 0 bridgehead atoms. The summed E-state index contributed by atoms with van der Waals surface area (Å²) in [5.41, 5.74) is 1.48. The van der Waals surface area contributed by atoms with Crippen molar-refractivity contribution in [1.82, 2.24) is 4.98 Å². The second-order valence-corrected chi connectivity index (χ2v) is 2.80. The van der Waals surface area contributed by atoms with Crippen molar-refractivity contribution < 1.29 is 4.39 Å². The van der Waals surface area contributed by atoms with E-state index in [4.69, 9.17) is 0 Å². The Morgan fingerprint density at radius 3 is 3.00 bits per heavy atom. The van der Waals surface area contributed by atoms with Crippen LogP contribution in [0.1, 0.15) is 5.56 Å². The van der Waals surface area contributed by atoms with Crippen molar-refractivity contribution in [2.24, 2.45) is 0 Å². The van der Waals surface area contributed by atoms with Gasteiger partial charge in [-0.2, -0.15) is 0 Å². The number of aromatic nitrogens is 1. The Kier molecular flexibility index (Phi) is 1.54. The number of halogens is 1. The van der Waals surface area contributed by atoms with Gasteiger partial charge in [0.1, 0.15) is 5.82 Å². The van der Waals surface area contributed by atoms with Crippen LogP contribution in [0.15, 0.2) is 30.5 Å². The molecule has 0 unspecified atom stereocenters. The molecular weight excluding hydrogens is 153 g/mol. The fourth-order valence-electron chi connectivity index (χ4n) is 1.20. The molecule has 0 fully saturated rings. The summed E-state index contributed by atoms with van der Waals surface area (Å²) in [6.45, 7) is 1.74. The number of rotatable bonds is 0. The molecule has 1 aromatic carbocycles. The lowest BCUT2D eigenvalue weighted by Crippen LogP contribution is -1.84. The lowest BCUT2D eigenvalue weighted by Gasteiger charge is -1.98. The largest absolute Gasteiger partial charge is 0.256 e. The first kappa shape index (κ1) is 7.22. The van der Waals surface area contributed by atoms with E-state index < -0.39 is 0 Å². The summed E-state index contributed by atoms with van der Waals surface area (Å²) in [5, 5.41) is 0.848. The summed E-state index contributed by atoms with van der Waals surface area (Å²) in [6.07, 6.45) is 1.71. The predicted octanol–water partition coefficient (Wildman–Crippen LogP) is 2.68. The molecule has 2 heteroatoms. The van der Waals surface area contributed by atoms with Crippen LogP contribution in [0, 0.1) is 12.7 Å². The fourth-order valence-corrected chi connectivity index (χ4v) is 1.20. The number of nitrogens with zero attached hydrogens (tertiary/aromatic N) is 1. The van der Waals surface area contributed by atoms with Crippen molar-refractivity contribution >= 4 is 10.9 Å². The Balaban J connectivity index is 2.84. The standard InChI is InChI=1S/C10H8FN/c1-7-5-10-8(6-9(7)11)3-2-4-12-10/h2-6H,1H3. The molecule has 0 aliphatic heterocycles. The molecule has 0 saturated heterocycles. The first-order valence-electron chi connectivity index (χ1n) is 3.78. The Morgan fingerprint density at radius 1 is 1.33 bits per heavy atom. The quantitative estimate of drug-likeness (QED) is 0.578. The molecule has 1 nitrogen and oxygen atoms in total. The molecule has 0 aliphatic rings. The van der Waals surface area contributed by atoms with Crippen LogP contribution in [0.5, 0.6) is 0 Å². The van der Waals surface area contributed by atoms with Crippen molar-refractivity contribution in [3.8, 4) is 0 Å². The van der Waals surface area contributed by atoms with Gasteiger partial charge in [0.15, 0.2) is 0 Å². The summed E-state index contributed by atoms with van der Waals surface area (Å²) in [6, 6.07) is 6.92. The molecule has 1 aromatic heterocycles. The first-order chi connectivity index (χ1) is 5.77. The average molecular weight is 161 g/mol. The summed E-state index contributed by atoms with van der Waals surface area (Å²) < 4.78 is 13.0. The lowest BCUT2D eigenvalue weighted by molar-refractivity contribution is 0.620. The molecule has 1 heterocycles. The van der Waals surface area contributed by atoms with Gasteiger partial charge in [-0.3, -0.25) is 4.98 Å². The summed E-state index contributed by atoms with van der Waals surface area (Å²) >= 11 is 0. The van der Waals surface area contributed by atoms with Crippen molar-refractivity contribution in [1.29, 1.82) is 0 Å². The van der Waals surface area contributed by atoms with Crippen molar-refractivity contribution in [3.05, 3.63) is 41.8 Å². The van der Waals surface area contributed by atoms with E-state index in [1.54, 1.807) is 25.3 Å². The average Bonchev–Trinajstić information content (AvgIpc) is 2.07. The molecule has 0 spiro atoms. The monoisotopic (exact) mass is 161 g/mol. The van der Waals surface area contributed by atoms with Crippen LogP contribution in [0.25, 0.3) is 10.9 Å². The van der Waals surface area contributed by atoms with E-state index in [-0.39, 0.29) is 5.82 Å². The van der Waals surface area contributed by atoms with Gasteiger partial charge in [0, 0.05) is 11.6 Å². The van der Waals surface area contributed by atoms with Gasteiger partial charge in [-0.25, -0.2) is 4.39 Å². The summed E-state index contributed by atoms with van der Waals surface area (Å²) in [5.74, 6) is -0.171. The van der Waals surface area contributed by atoms with Gasteiger partial charge in [-0.05, 0) is 30.7 Å². The maximum absolute atomic E-state index is 13.0. The lowest BCUT2D eigenvalue weighted by atomic mass is 10.1. The van der Waals surface area contributed by atoms with Crippen molar-refractivity contribution in [2.45, 2.75) is 6.92 Å². The SMILES string of the molecule is Cc1cc2ncccc2cc1F. The van der Waals surface area contributed by atoms with Gasteiger partial charge in [-0.1, -0.05) is 6.07 Å². The zero-order valence-corrected chi connectivity index (χ0v) is 6.71. The fraction of sp³-hybridized carbons (Fsp3) is 0.100. The normalized spacial score (nSPS) is 10.5. The van der Waals surface area contributed by atoms with Gasteiger partial charge in [-0.15, -0.1) is 0 Å². The van der Waals surface area contributed by atoms with Crippen LogP contribution in [-0.4, -0.2) is 4.98 Å². The number of fused-ring (bicyclic) bond motifs is 1. The van der Waals surface area contributed by atoms with Crippen LogP contribution in [0.3, 0.4) is 0 Å². The molecule has 60 valence electrons.